The SMILES string of the molecule is CC(C)S(=O)(=O)c1ccc(-c2nnc(NC(=O)c3ccccc3I)o2)cc1. The molecule has 0 radical (unpaired) electrons. The van der Waals surface area contributed by atoms with Crippen LogP contribution in [0.3, 0.4) is 0 Å². The van der Waals surface area contributed by atoms with Crippen molar-refractivity contribution in [3.8, 4) is 11.5 Å². The number of rotatable bonds is 5. The fourth-order valence-electron chi connectivity index (χ4n) is 2.26. The van der Waals surface area contributed by atoms with Crippen molar-refractivity contribution in [2.45, 2.75) is 24.0 Å². The average Bonchev–Trinajstić information content (AvgIpc) is 3.10. The zero-order valence-corrected chi connectivity index (χ0v) is 17.5. The number of hydrogen-bond acceptors (Lipinski definition) is 6. The number of sulfone groups is 1. The molecule has 140 valence electrons. The monoisotopic (exact) mass is 497 g/mol. The van der Waals surface area contributed by atoms with Crippen LogP contribution in [0.25, 0.3) is 11.5 Å². The van der Waals surface area contributed by atoms with Gasteiger partial charge in [0.15, 0.2) is 9.84 Å². The van der Waals surface area contributed by atoms with Gasteiger partial charge in [-0.25, -0.2) is 8.42 Å². The molecule has 1 N–H and O–H groups in total. The van der Waals surface area contributed by atoms with E-state index in [1.165, 1.54) is 12.1 Å². The number of carbonyl (C=O) groups is 1. The van der Waals surface area contributed by atoms with Gasteiger partial charge < -0.3 is 4.42 Å². The number of halogens is 1. The summed E-state index contributed by atoms with van der Waals surface area (Å²) in [5.41, 5.74) is 1.06. The summed E-state index contributed by atoms with van der Waals surface area (Å²) in [5, 5.41) is 9.77. The number of carbonyl (C=O) groups excluding carboxylic acids is 1. The van der Waals surface area contributed by atoms with Gasteiger partial charge in [-0.15, -0.1) is 5.10 Å². The van der Waals surface area contributed by atoms with Crippen LogP contribution in [0, 0.1) is 3.57 Å². The first-order valence-electron chi connectivity index (χ1n) is 8.03. The van der Waals surface area contributed by atoms with Crippen LogP contribution >= 0.6 is 22.6 Å². The second-order valence-corrected chi connectivity index (χ2v) is 9.63. The summed E-state index contributed by atoms with van der Waals surface area (Å²) < 4.78 is 30.6. The number of hydrogen-bond donors (Lipinski definition) is 1. The molecule has 27 heavy (non-hydrogen) atoms. The highest BCUT2D eigenvalue weighted by Crippen LogP contribution is 2.24. The molecule has 3 rings (SSSR count). The summed E-state index contributed by atoms with van der Waals surface area (Å²) in [5.74, 6) is -0.171. The van der Waals surface area contributed by atoms with E-state index in [-0.39, 0.29) is 22.7 Å². The number of benzene rings is 2. The van der Waals surface area contributed by atoms with E-state index in [1.807, 2.05) is 12.1 Å². The summed E-state index contributed by atoms with van der Waals surface area (Å²) in [7, 11) is -3.35. The average molecular weight is 497 g/mol. The van der Waals surface area contributed by atoms with Crippen molar-refractivity contribution in [1.29, 1.82) is 0 Å². The smallest absolute Gasteiger partial charge is 0.322 e. The summed E-state index contributed by atoms with van der Waals surface area (Å²) in [6.07, 6.45) is 0. The Morgan fingerprint density at radius 3 is 2.37 bits per heavy atom. The lowest BCUT2D eigenvalue weighted by molar-refractivity contribution is 0.102. The van der Waals surface area contributed by atoms with Crippen LogP contribution in [0.1, 0.15) is 24.2 Å². The van der Waals surface area contributed by atoms with E-state index >= 15 is 0 Å². The van der Waals surface area contributed by atoms with E-state index in [9.17, 15) is 13.2 Å². The van der Waals surface area contributed by atoms with E-state index in [0.29, 0.717) is 11.1 Å². The quantitative estimate of drug-likeness (QED) is 0.539. The van der Waals surface area contributed by atoms with Gasteiger partial charge in [0.2, 0.25) is 5.89 Å². The van der Waals surface area contributed by atoms with E-state index in [4.69, 9.17) is 4.42 Å². The van der Waals surface area contributed by atoms with E-state index in [2.05, 4.69) is 38.1 Å². The summed E-state index contributed by atoms with van der Waals surface area (Å²) in [4.78, 5) is 12.5. The molecule has 1 heterocycles. The Hall–Kier alpha value is -2.27. The topological polar surface area (TPSA) is 102 Å². The van der Waals surface area contributed by atoms with Crippen LogP contribution in [-0.2, 0) is 9.84 Å². The van der Waals surface area contributed by atoms with Crippen molar-refractivity contribution in [2.75, 3.05) is 5.32 Å². The number of nitrogens with one attached hydrogen (secondary N) is 1. The predicted molar refractivity (Wildman–Crippen MR) is 109 cm³/mol. The van der Waals surface area contributed by atoms with Gasteiger partial charge in [0, 0.05) is 9.13 Å². The third kappa shape index (κ3) is 4.19. The fraction of sp³-hybridized carbons (Fsp3) is 0.167. The number of anilines is 1. The van der Waals surface area contributed by atoms with Crippen molar-refractivity contribution < 1.29 is 17.6 Å². The van der Waals surface area contributed by atoms with Gasteiger partial charge in [-0.05, 0) is 72.8 Å². The minimum atomic E-state index is -3.35. The first-order valence-corrected chi connectivity index (χ1v) is 10.7. The first-order chi connectivity index (χ1) is 12.8. The molecule has 0 atom stereocenters. The van der Waals surface area contributed by atoms with Crippen molar-refractivity contribution in [3.63, 3.8) is 0 Å². The van der Waals surface area contributed by atoms with Crippen LogP contribution in [0.15, 0.2) is 57.8 Å². The Kier molecular flexibility index (Phi) is 5.61. The normalized spacial score (nSPS) is 11.6. The van der Waals surface area contributed by atoms with Gasteiger partial charge in [0.05, 0.1) is 15.7 Å². The first kappa shape index (κ1) is 19.5. The molecule has 0 aliphatic heterocycles. The van der Waals surface area contributed by atoms with E-state index in [1.54, 1.807) is 38.1 Å². The molecule has 0 bridgehead atoms. The molecule has 2 aromatic carbocycles. The molecule has 0 unspecified atom stereocenters. The van der Waals surface area contributed by atoms with Gasteiger partial charge in [-0.1, -0.05) is 17.2 Å². The fourth-order valence-corrected chi connectivity index (χ4v) is 3.95. The van der Waals surface area contributed by atoms with Crippen molar-refractivity contribution in [3.05, 3.63) is 57.7 Å². The second-order valence-electron chi connectivity index (χ2n) is 5.96. The van der Waals surface area contributed by atoms with Crippen LogP contribution in [-0.4, -0.2) is 29.8 Å². The number of amides is 1. The summed E-state index contributed by atoms with van der Waals surface area (Å²) in [6, 6.07) is 13.3. The van der Waals surface area contributed by atoms with Gasteiger partial charge in [0.25, 0.3) is 5.91 Å². The minimum absolute atomic E-state index is 0.0338. The van der Waals surface area contributed by atoms with E-state index in [0.717, 1.165) is 3.57 Å². The highest BCUT2D eigenvalue weighted by molar-refractivity contribution is 14.1. The van der Waals surface area contributed by atoms with Crippen molar-refractivity contribution in [1.82, 2.24) is 10.2 Å². The Morgan fingerprint density at radius 1 is 1.07 bits per heavy atom. The molecule has 7 nitrogen and oxygen atoms in total. The van der Waals surface area contributed by atoms with Crippen LogP contribution in [0.5, 0.6) is 0 Å². The molecule has 0 saturated heterocycles. The van der Waals surface area contributed by atoms with Crippen LogP contribution in [0.4, 0.5) is 6.01 Å². The number of aromatic nitrogens is 2. The Labute approximate surface area is 170 Å². The van der Waals surface area contributed by atoms with Gasteiger partial charge in [-0.3, -0.25) is 10.1 Å². The largest absolute Gasteiger partial charge is 0.403 e. The van der Waals surface area contributed by atoms with Crippen molar-refractivity contribution in [2.24, 2.45) is 0 Å². The maximum absolute atomic E-state index is 12.3. The molecule has 0 saturated carbocycles. The molecule has 3 aromatic rings. The maximum atomic E-state index is 12.3. The predicted octanol–water partition coefficient (Wildman–Crippen LogP) is 3.78. The maximum Gasteiger partial charge on any atom is 0.322 e. The lowest BCUT2D eigenvalue weighted by atomic mass is 10.2. The van der Waals surface area contributed by atoms with Gasteiger partial charge >= 0.3 is 6.01 Å². The lowest BCUT2D eigenvalue weighted by Gasteiger charge is -2.07. The third-order valence-electron chi connectivity index (χ3n) is 3.81. The van der Waals surface area contributed by atoms with Crippen molar-refractivity contribution >= 4 is 44.3 Å². The highest BCUT2D eigenvalue weighted by atomic mass is 127. The van der Waals surface area contributed by atoms with E-state index < -0.39 is 15.1 Å². The highest BCUT2D eigenvalue weighted by Gasteiger charge is 2.20. The molecule has 9 heteroatoms. The Morgan fingerprint density at radius 2 is 1.74 bits per heavy atom. The summed E-state index contributed by atoms with van der Waals surface area (Å²) in [6.45, 7) is 3.26. The molecule has 1 aromatic heterocycles. The van der Waals surface area contributed by atoms with Crippen LogP contribution in [0.2, 0.25) is 0 Å². The zero-order chi connectivity index (χ0) is 19.6. The standard InChI is InChI=1S/C18H16IN3O4S/c1-11(2)27(24,25)13-9-7-12(8-10-13)17-21-22-18(26-17)20-16(23)14-5-3-4-6-15(14)19/h3-11H,1-2H3,(H,20,22,23). The molecule has 0 aliphatic rings. The zero-order valence-electron chi connectivity index (χ0n) is 14.5. The molecular formula is C18H16IN3O4S. The minimum Gasteiger partial charge on any atom is -0.403 e. The molecule has 0 fully saturated rings. The third-order valence-corrected chi connectivity index (χ3v) is 6.93. The van der Waals surface area contributed by atoms with Gasteiger partial charge in [0.1, 0.15) is 0 Å². The molecule has 0 spiro atoms. The Balaban J connectivity index is 1.78. The number of nitrogens with zero attached hydrogens (tertiary/aromatic N) is 2. The Bertz CT molecular complexity index is 1080. The summed E-state index contributed by atoms with van der Waals surface area (Å²) >= 11 is 2.07. The second kappa shape index (κ2) is 7.77. The van der Waals surface area contributed by atoms with Crippen LogP contribution < -0.4 is 5.32 Å². The molecular weight excluding hydrogens is 481 g/mol. The lowest BCUT2D eigenvalue weighted by Crippen LogP contribution is -2.13. The van der Waals surface area contributed by atoms with Gasteiger partial charge in [-0.2, -0.15) is 0 Å². The molecule has 0 aliphatic carbocycles. The molecule has 1 amide bonds.